The largest absolute Gasteiger partial charge is 0.326 e. The van der Waals surface area contributed by atoms with Crippen LogP contribution in [0.4, 0.5) is 5.69 Å². The minimum Gasteiger partial charge on any atom is -0.326 e. The fraction of sp³-hybridized carbons (Fsp3) is 0.500. The van der Waals surface area contributed by atoms with E-state index in [1.807, 2.05) is 6.92 Å². The summed E-state index contributed by atoms with van der Waals surface area (Å²) < 4.78 is 26.7. The molecule has 0 bridgehead atoms. The van der Waals surface area contributed by atoms with Gasteiger partial charge in [-0.05, 0) is 31.2 Å². The third-order valence-electron chi connectivity index (χ3n) is 3.51. The van der Waals surface area contributed by atoms with Crippen LogP contribution in [0.15, 0.2) is 29.2 Å². The number of carbonyl (C=O) groups is 1. The van der Waals surface area contributed by atoms with E-state index < -0.39 is 10.0 Å². The maximum Gasteiger partial charge on any atom is 0.243 e. The third kappa shape index (κ3) is 3.61. The number of anilines is 1. The summed E-state index contributed by atoms with van der Waals surface area (Å²) in [5.41, 5.74) is 0.606. The normalized spacial score (nSPS) is 20.2. The Morgan fingerprint density at radius 1 is 1.38 bits per heavy atom. The molecule has 1 aromatic rings. The topological polar surface area (TPSA) is 78.5 Å². The summed E-state index contributed by atoms with van der Waals surface area (Å²) in [6.45, 7) is 5.44. The molecule has 0 aromatic heterocycles. The van der Waals surface area contributed by atoms with Crippen LogP contribution >= 0.6 is 0 Å². The molecule has 0 saturated carbocycles. The second kappa shape index (κ2) is 6.55. The zero-order valence-electron chi connectivity index (χ0n) is 12.3. The molecule has 1 heterocycles. The zero-order valence-corrected chi connectivity index (χ0v) is 13.1. The van der Waals surface area contributed by atoms with Gasteiger partial charge in [-0.25, -0.2) is 8.42 Å². The summed E-state index contributed by atoms with van der Waals surface area (Å²) >= 11 is 0. The van der Waals surface area contributed by atoms with Gasteiger partial charge in [0.2, 0.25) is 15.9 Å². The molecule has 1 aliphatic heterocycles. The lowest BCUT2D eigenvalue weighted by Gasteiger charge is -2.32. The van der Waals surface area contributed by atoms with Gasteiger partial charge < -0.3 is 10.6 Å². The van der Waals surface area contributed by atoms with Crippen molar-refractivity contribution < 1.29 is 13.2 Å². The van der Waals surface area contributed by atoms with Crippen molar-refractivity contribution in [1.29, 1.82) is 0 Å². The fourth-order valence-electron chi connectivity index (χ4n) is 2.27. The molecular formula is C14H21N3O3S. The molecule has 1 amide bonds. The van der Waals surface area contributed by atoms with Gasteiger partial charge >= 0.3 is 0 Å². The van der Waals surface area contributed by atoms with Crippen molar-refractivity contribution in [3.63, 3.8) is 0 Å². The van der Waals surface area contributed by atoms with E-state index in [0.717, 1.165) is 0 Å². The predicted molar refractivity (Wildman–Crippen MR) is 81.6 cm³/mol. The highest BCUT2D eigenvalue weighted by molar-refractivity contribution is 7.89. The molecule has 2 N–H and O–H groups in total. The number of nitrogens with one attached hydrogen (secondary N) is 2. The first-order chi connectivity index (χ1) is 9.95. The van der Waals surface area contributed by atoms with E-state index in [4.69, 9.17) is 0 Å². The molecule has 0 aliphatic carbocycles. The quantitative estimate of drug-likeness (QED) is 0.870. The predicted octanol–water partition coefficient (Wildman–Crippen LogP) is 1.02. The standard InChI is InChI=1S/C14H21N3O3S/c1-3-14(18)16-12-4-6-13(7-5-12)21(19,20)17-9-8-15-10-11(17)2/h4-7,11,15H,3,8-10H2,1-2H3,(H,16,18). The van der Waals surface area contributed by atoms with Crippen LogP contribution in [0, 0.1) is 0 Å². The molecule has 1 fully saturated rings. The maximum absolute atomic E-state index is 12.6. The molecule has 1 aromatic carbocycles. The molecule has 1 unspecified atom stereocenters. The minimum absolute atomic E-state index is 0.0665. The number of carbonyl (C=O) groups excluding carboxylic acids is 1. The number of hydrogen-bond acceptors (Lipinski definition) is 4. The highest BCUT2D eigenvalue weighted by Gasteiger charge is 2.30. The highest BCUT2D eigenvalue weighted by Crippen LogP contribution is 2.21. The Morgan fingerprint density at radius 3 is 2.62 bits per heavy atom. The number of amides is 1. The van der Waals surface area contributed by atoms with Crippen molar-refractivity contribution in [1.82, 2.24) is 9.62 Å². The number of benzene rings is 1. The van der Waals surface area contributed by atoms with Gasteiger partial charge in [-0.3, -0.25) is 4.79 Å². The van der Waals surface area contributed by atoms with Gasteiger partial charge in [-0.2, -0.15) is 4.31 Å². The van der Waals surface area contributed by atoms with Crippen molar-refractivity contribution in [2.45, 2.75) is 31.2 Å². The minimum atomic E-state index is -3.48. The van der Waals surface area contributed by atoms with Gasteiger partial charge in [-0.1, -0.05) is 6.92 Å². The number of piperazine rings is 1. The lowest BCUT2D eigenvalue weighted by atomic mass is 10.3. The van der Waals surface area contributed by atoms with Crippen LogP contribution in [-0.4, -0.2) is 44.3 Å². The molecule has 21 heavy (non-hydrogen) atoms. The molecular weight excluding hydrogens is 290 g/mol. The first-order valence-electron chi connectivity index (χ1n) is 7.07. The van der Waals surface area contributed by atoms with Gasteiger partial charge in [0.1, 0.15) is 0 Å². The molecule has 6 nitrogen and oxygen atoms in total. The lowest BCUT2D eigenvalue weighted by molar-refractivity contribution is -0.115. The van der Waals surface area contributed by atoms with Crippen LogP contribution in [0.3, 0.4) is 0 Å². The van der Waals surface area contributed by atoms with E-state index in [-0.39, 0.29) is 16.8 Å². The molecule has 116 valence electrons. The van der Waals surface area contributed by atoms with E-state index >= 15 is 0 Å². The summed E-state index contributed by atoms with van der Waals surface area (Å²) in [5, 5.41) is 5.87. The van der Waals surface area contributed by atoms with Gasteiger partial charge in [0.15, 0.2) is 0 Å². The van der Waals surface area contributed by atoms with E-state index in [9.17, 15) is 13.2 Å². The van der Waals surface area contributed by atoms with Crippen LogP contribution < -0.4 is 10.6 Å². The average Bonchev–Trinajstić information content (AvgIpc) is 2.48. The van der Waals surface area contributed by atoms with Crippen LogP contribution in [0.2, 0.25) is 0 Å². The monoisotopic (exact) mass is 311 g/mol. The van der Waals surface area contributed by atoms with Gasteiger partial charge in [0.05, 0.1) is 4.90 Å². The number of sulfonamides is 1. The average molecular weight is 311 g/mol. The number of nitrogens with zero attached hydrogens (tertiary/aromatic N) is 1. The summed E-state index contributed by atoms with van der Waals surface area (Å²) in [7, 11) is -3.48. The second-order valence-electron chi connectivity index (χ2n) is 5.10. The second-order valence-corrected chi connectivity index (χ2v) is 6.99. The van der Waals surface area contributed by atoms with E-state index in [1.54, 1.807) is 19.1 Å². The highest BCUT2D eigenvalue weighted by atomic mass is 32.2. The molecule has 2 rings (SSSR count). The van der Waals surface area contributed by atoms with Crippen molar-refractivity contribution in [2.24, 2.45) is 0 Å². The Hall–Kier alpha value is -1.44. The smallest absolute Gasteiger partial charge is 0.243 e. The lowest BCUT2D eigenvalue weighted by Crippen LogP contribution is -2.52. The van der Waals surface area contributed by atoms with E-state index in [1.165, 1.54) is 16.4 Å². The maximum atomic E-state index is 12.6. The molecule has 0 radical (unpaired) electrons. The molecule has 1 aliphatic rings. The van der Waals surface area contributed by atoms with Crippen molar-refractivity contribution in [3.8, 4) is 0 Å². The van der Waals surface area contributed by atoms with Crippen LogP contribution in [0.25, 0.3) is 0 Å². The summed E-state index contributed by atoms with van der Waals surface area (Å²) in [6, 6.07) is 6.24. The van der Waals surface area contributed by atoms with Crippen LogP contribution in [0.5, 0.6) is 0 Å². The Labute approximate surface area is 125 Å². The van der Waals surface area contributed by atoms with E-state index in [0.29, 0.717) is 31.7 Å². The van der Waals surface area contributed by atoms with Gasteiger partial charge in [-0.15, -0.1) is 0 Å². The van der Waals surface area contributed by atoms with E-state index in [2.05, 4.69) is 10.6 Å². The Bertz CT molecular complexity index is 598. The van der Waals surface area contributed by atoms with Gasteiger partial charge in [0, 0.05) is 37.8 Å². The van der Waals surface area contributed by atoms with Crippen molar-refractivity contribution in [3.05, 3.63) is 24.3 Å². The molecule has 1 saturated heterocycles. The Balaban J connectivity index is 2.18. The summed E-state index contributed by atoms with van der Waals surface area (Å²) in [5.74, 6) is -0.0960. The SMILES string of the molecule is CCC(=O)Nc1ccc(S(=O)(=O)N2CCNCC2C)cc1. The van der Waals surface area contributed by atoms with Crippen LogP contribution in [0.1, 0.15) is 20.3 Å². The fourth-order valence-corrected chi connectivity index (χ4v) is 3.91. The summed E-state index contributed by atoms with van der Waals surface area (Å²) in [4.78, 5) is 11.6. The Morgan fingerprint density at radius 2 is 2.05 bits per heavy atom. The third-order valence-corrected chi connectivity index (χ3v) is 5.53. The molecule has 1 atom stereocenters. The Kier molecular flexibility index (Phi) is 4.97. The van der Waals surface area contributed by atoms with Gasteiger partial charge in [0.25, 0.3) is 0 Å². The number of hydrogen-bond donors (Lipinski definition) is 2. The zero-order chi connectivity index (χ0) is 15.5. The van der Waals surface area contributed by atoms with Crippen molar-refractivity contribution in [2.75, 3.05) is 25.0 Å². The number of rotatable bonds is 4. The molecule has 7 heteroatoms. The van der Waals surface area contributed by atoms with Crippen LogP contribution in [-0.2, 0) is 14.8 Å². The van der Waals surface area contributed by atoms with Crippen molar-refractivity contribution >= 4 is 21.6 Å². The molecule has 0 spiro atoms. The first-order valence-corrected chi connectivity index (χ1v) is 8.51. The first kappa shape index (κ1) is 15.9. The summed E-state index contributed by atoms with van der Waals surface area (Å²) in [6.07, 6.45) is 0.387.